The number of unbranched alkanes of at least 4 members (excludes halogenated alkanes) is 2. The van der Waals surface area contributed by atoms with Gasteiger partial charge in [0.25, 0.3) is 0 Å². The Bertz CT molecular complexity index is 800. The highest BCUT2D eigenvalue weighted by molar-refractivity contribution is 7.84. The first-order valence-electron chi connectivity index (χ1n) is 7.85. The summed E-state index contributed by atoms with van der Waals surface area (Å²) >= 11 is 0. The van der Waals surface area contributed by atoms with Crippen LogP contribution in [-0.4, -0.2) is 13.5 Å². The average Bonchev–Trinajstić information content (AvgIpc) is 2.47. The fourth-order valence-electron chi connectivity index (χ4n) is 2.80. The molecule has 0 aliphatic heterocycles. The molecule has 126 valence electrons. The van der Waals surface area contributed by atoms with Crippen LogP contribution in [0.25, 0.3) is 10.8 Å². The summed E-state index contributed by atoms with van der Waals surface area (Å²) < 4.78 is 26.9. The molecule has 0 atom stereocenters. The number of benzene rings is 2. The van der Waals surface area contributed by atoms with Crippen molar-refractivity contribution in [2.45, 2.75) is 46.0 Å². The molecule has 0 aliphatic rings. The summed E-state index contributed by atoms with van der Waals surface area (Å²) in [5.41, 5.74) is 1.73. The Morgan fingerprint density at radius 3 is 2.52 bits per heavy atom. The maximum Gasteiger partial charge on any atom is 0.380 e. The van der Waals surface area contributed by atoms with Crippen molar-refractivity contribution in [1.82, 2.24) is 0 Å². The molecular weight excluding hydrogens is 314 g/mol. The Labute approximate surface area is 137 Å². The maximum atomic E-state index is 11.1. The molecule has 2 aromatic rings. The van der Waals surface area contributed by atoms with Crippen molar-refractivity contribution in [3.8, 4) is 11.5 Å². The van der Waals surface area contributed by atoms with E-state index in [9.17, 15) is 13.5 Å². The normalized spacial score (nSPS) is 11.8. The van der Waals surface area contributed by atoms with E-state index < -0.39 is 10.3 Å². The van der Waals surface area contributed by atoms with Gasteiger partial charge in [-0.15, -0.1) is 0 Å². The fraction of sp³-hybridized carbons (Fsp3) is 0.412. The van der Waals surface area contributed by atoms with Gasteiger partial charge in [0.15, 0.2) is 0 Å². The first-order chi connectivity index (χ1) is 10.9. The van der Waals surface area contributed by atoms with E-state index in [1.165, 1.54) is 0 Å². The Balaban J connectivity index is 2.49. The van der Waals surface area contributed by atoms with E-state index in [2.05, 4.69) is 6.92 Å². The molecule has 0 saturated carbocycles. The predicted molar refractivity (Wildman–Crippen MR) is 92.0 cm³/mol. The van der Waals surface area contributed by atoms with Crippen molar-refractivity contribution in [1.29, 1.82) is 0 Å². The van der Waals surface area contributed by atoms with Gasteiger partial charge in [-0.25, -0.2) is 0 Å². The lowest BCUT2D eigenvalue weighted by Gasteiger charge is -2.14. The van der Waals surface area contributed by atoms with E-state index in [1.54, 1.807) is 18.2 Å². The van der Waals surface area contributed by atoms with Crippen molar-refractivity contribution >= 4 is 21.1 Å². The second-order valence-electron chi connectivity index (χ2n) is 5.63. The van der Waals surface area contributed by atoms with Crippen LogP contribution in [0.15, 0.2) is 24.3 Å². The fourth-order valence-corrected chi connectivity index (χ4v) is 3.17. The summed E-state index contributed by atoms with van der Waals surface area (Å²) in [6.45, 7) is 4.10. The zero-order chi connectivity index (χ0) is 17.0. The van der Waals surface area contributed by atoms with E-state index in [4.69, 9.17) is 9.32 Å². The van der Waals surface area contributed by atoms with Gasteiger partial charge in [0.2, 0.25) is 0 Å². The van der Waals surface area contributed by atoms with Gasteiger partial charge in [0.1, 0.15) is 11.5 Å². The monoisotopic (exact) mass is 337 g/mol. The number of rotatable bonds is 7. The topological polar surface area (TPSA) is 89.6 Å². The van der Waals surface area contributed by atoms with E-state index in [-0.39, 0.29) is 5.75 Å². The van der Waals surface area contributed by atoms with Gasteiger partial charge in [-0.3, -0.25) is 0 Å². The van der Waals surface area contributed by atoms with Crippen LogP contribution >= 0.6 is 0 Å². The molecule has 0 heterocycles. The smallest absolute Gasteiger partial charge is 0.380 e. The predicted octanol–water partition coefficient (Wildman–Crippen LogP) is 3.42. The van der Waals surface area contributed by atoms with Gasteiger partial charge in [0.05, 0.1) is 0 Å². The molecule has 0 radical (unpaired) electrons. The summed E-state index contributed by atoms with van der Waals surface area (Å²) in [5, 5.41) is 17.2. The van der Waals surface area contributed by atoms with Crippen LogP contribution in [0.2, 0.25) is 0 Å². The number of aryl methyl sites for hydroxylation is 2. The molecule has 2 rings (SSSR count). The number of hydrogen-bond acceptors (Lipinski definition) is 4. The number of aromatic hydroxyl groups is 1. The van der Waals surface area contributed by atoms with E-state index in [1.807, 2.05) is 13.0 Å². The van der Waals surface area contributed by atoms with Crippen LogP contribution in [0, 0.1) is 0 Å². The van der Waals surface area contributed by atoms with Crippen LogP contribution < -0.4 is 9.32 Å². The van der Waals surface area contributed by atoms with Gasteiger partial charge in [-0.1, -0.05) is 32.8 Å². The lowest BCUT2D eigenvalue weighted by Crippen LogP contribution is -2.18. The largest absolute Gasteiger partial charge is 0.507 e. The van der Waals surface area contributed by atoms with Crippen molar-refractivity contribution < 1.29 is 17.7 Å². The van der Waals surface area contributed by atoms with Crippen LogP contribution in [0.4, 0.5) is 0 Å². The number of nitrogens with two attached hydrogens (primary N) is 1. The summed E-state index contributed by atoms with van der Waals surface area (Å²) in [7, 11) is -4.06. The molecule has 2 aromatic carbocycles. The third-order valence-electron chi connectivity index (χ3n) is 3.89. The summed E-state index contributed by atoms with van der Waals surface area (Å²) in [6.07, 6.45) is 4.76. The number of phenols is 1. The van der Waals surface area contributed by atoms with Crippen molar-refractivity contribution in [2.24, 2.45) is 5.14 Å². The molecule has 6 heteroatoms. The molecular formula is C17H23NO4S. The molecule has 3 N–H and O–H groups in total. The van der Waals surface area contributed by atoms with E-state index in [0.29, 0.717) is 12.2 Å². The Morgan fingerprint density at radius 2 is 1.91 bits per heavy atom. The molecule has 0 fully saturated rings. The Hall–Kier alpha value is -1.79. The van der Waals surface area contributed by atoms with Crippen LogP contribution in [0.3, 0.4) is 0 Å². The van der Waals surface area contributed by atoms with Crippen LogP contribution in [0.5, 0.6) is 11.5 Å². The second-order valence-corrected chi connectivity index (χ2v) is 6.78. The molecule has 0 aromatic heterocycles. The summed E-state index contributed by atoms with van der Waals surface area (Å²) in [4.78, 5) is 0. The highest BCUT2D eigenvalue weighted by atomic mass is 32.2. The quantitative estimate of drug-likeness (QED) is 0.758. The highest BCUT2D eigenvalue weighted by Crippen LogP contribution is 2.34. The van der Waals surface area contributed by atoms with Crippen molar-refractivity contribution in [3.05, 3.63) is 35.4 Å². The van der Waals surface area contributed by atoms with E-state index in [0.717, 1.165) is 47.6 Å². The highest BCUT2D eigenvalue weighted by Gasteiger charge is 2.13. The Morgan fingerprint density at radius 1 is 1.17 bits per heavy atom. The molecule has 23 heavy (non-hydrogen) atoms. The molecule has 0 unspecified atom stereocenters. The average molecular weight is 337 g/mol. The molecule has 0 saturated heterocycles. The van der Waals surface area contributed by atoms with Gasteiger partial charge in [-0.05, 0) is 53.8 Å². The molecule has 0 aliphatic carbocycles. The lowest BCUT2D eigenvalue weighted by molar-refractivity contribution is 0.461. The van der Waals surface area contributed by atoms with Gasteiger partial charge in [-0.2, -0.15) is 13.6 Å². The SMILES string of the molecule is CCCCCc1cc2ccc(OS(N)(=O)=O)cc2c(CC)c1O. The molecule has 0 bridgehead atoms. The lowest BCUT2D eigenvalue weighted by atomic mass is 9.95. The first-order valence-corrected chi connectivity index (χ1v) is 9.32. The minimum Gasteiger partial charge on any atom is -0.507 e. The van der Waals surface area contributed by atoms with Gasteiger partial charge < -0.3 is 9.29 Å². The third-order valence-corrected chi connectivity index (χ3v) is 4.31. The number of fused-ring (bicyclic) bond motifs is 1. The van der Waals surface area contributed by atoms with Crippen LogP contribution in [0.1, 0.15) is 44.2 Å². The van der Waals surface area contributed by atoms with Gasteiger partial charge >= 0.3 is 10.3 Å². The Kier molecular flexibility index (Phi) is 5.49. The number of phenolic OH excluding ortho intramolecular Hbond substituents is 1. The van der Waals surface area contributed by atoms with Gasteiger partial charge in [0, 0.05) is 5.56 Å². The van der Waals surface area contributed by atoms with Crippen molar-refractivity contribution in [2.75, 3.05) is 0 Å². The third kappa shape index (κ3) is 4.36. The number of hydrogen-bond donors (Lipinski definition) is 2. The van der Waals surface area contributed by atoms with E-state index >= 15 is 0 Å². The zero-order valence-corrected chi connectivity index (χ0v) is 14.3. The minimum atomic E-state index is -4.06. The molecule has 5 nitrogen and oxygen atoms in total. The first kappa shape index (κ1) is 17.6. The summed E-state index contributed by atoms with van der Waals surface area (Å²) in [6, 6.07) is 6.92. The van der Waals surface area contributed by atoms with Crippen LogP contribution in [-0.2, 0) is 23.1 Å². The molecule has 0 amide bonds. The standard InChI is InChI=1S/C17H23NO4S/c1-3-5-6-7-13-10-12-8-9-14(22-23(18,20)21)11-16(12)15(4-2)17(13)19/h8-11,19H,3-7H2,1-2H3,(H2,18,20,21). The second kappa shape index (κ2) is 7.19. The summed E-state index contributed by atoms with van der Waals surface area (Å²) in [5.74, 6) is 0.441. The zero-order valence-electron chi connectivity index (χ0n) is 13.5. The maximum absolute atomic E-state index is 11.1. The minimum absolute atomic E-state index is 0.146. The molecule has 0 spiro atoms. The van der Waals surface area contributed by atoms with Crippen molar-refractivity contribution in [3.63, 3.8) is 0 Å².